The van der Waals surface area contributed by atoms with Gasteiger partial charge in [-0.25, -0.2) is 0 Å². The first-order valence-corrected chi connectivity index (χ1v) is 8.07. The summed E-state index contributed by atoms with van der Waals surface area (Å²) in [6, 6.07) is 13.4. The van der Waals surface area contributed by atoms with Crippen LogP contribution in [0.15, 0.2) is 42.5 Å². The molecule has 0 radical (unpaired) electrons. The van der Waals surface area contributed by atoms with Crippen LogP contribution in [0.4, 0.5) is 0 Å². The Morgan fingerprint density at radius 3 is 2.68 bits per heavy atom. The van der Waals surface area contributed by atoms with Crippen molar-refractivity contribution >= 4 is 0 Å². The lowest BCUT2D eigenvalue weighted by Crippen LogP contribution is -2.34. The second kappa shape index (κ2) is 6.84. The first kappa shape index (κ1) is 14.9. The van der Waals surface area contributed by atoms with Gasteiger partial charge in [-0.1, -0.05) is 30.7 Å². The Kier molecular flexibility index (Phi) is 4.64. The van der Waals surface area contributed by atoms with Crippen LogP contribution in [0.25, 0.3) is 11.1 Å². The number of hydrogen-bond acceptors (Lipinski definition) is 3. The van der Waals surface area contributed by atoms with E-state index < -0.39 is 0 Å². The fourth-order valence-corrected chi connectivity index (χ4v) is 3.20. The molecule has 0 spiro atoms. The van der Waals surface area contributed by atoms with E-state index >= 15 is 0 Å². The summed E-state index contributed by atoms with van der Waals surface area (Å²) in [4.78, 5) is 0. The van der Waals surface area contributed by atoms with Crippen LogP contribution in [0.2, 0.25) is 0 Å². The molecule has 3 N–H and O–H groups in total. The molecule has 1 unspecified atom stereocenters. The van der Waals surface area contributed by atoms with Crippen molar-refractivity contribution in [1.29, 1.82) is 0 Å². The summed E-state index contributed by atoms with van der Waals surface area (Å²) in [5.41, 5.74) is 2.74. The summed E-state index contributed by atoms with van der Waals surface area (Å²) in [5, 5.41) is 23.5. The maximum Gasteiger partial charge on any atom is 0.123 e. The Balaban J connectivity index is 1.76. The molecule has 0 saturated carbocycles. The SMILES string of the molecule is Oc1cc(CCC2CCCCN2)cc(-c2ccccc2O)c1. The summed E-state index contributed by atoms with van der Waals surface area (Å²) >= 11 is 0. The van der Waals surface area contributed by atoms with Gasteiger partial charge < -0.3 is 15.5 Å². The molecule has 1 heterocycles. The highest BCUT2D eigenvalue weighted by atomic mass is 16.3. The Bertz CT molecular complexity index is 633. The average molecular weight is 297 g/mol. The van der Waals surface area contributed by atoms with E-state index in [1.165, 1.54) is 19.3 Å². The molecule has 3 nitrogen and oxygen atoms in total. The third-order valence-corrected chi connectivity index (χ3v) is 4.39. The van der Waals surface area contributed by atoms with E-state index in [1.54, 1.807) is 18.2 Å². The molecule has 0 bridgehead atoms. The molecule has 2 aromatic rings. The third kappa shape index (κ3) is 3.60. The van der Waals surface area contributed by atoms with Crippen molar-refractivity contribution in [2.45, 2.75) is 38.1 Å². The lowest BCUT2D eigenvalue weighted by atomic mass is 9.95. The topological polar surface area (TPSA) is 52.5 Å². The highest BCUT2D eigenvalue weighted by Crippen LogP contribution is 2.32. The molecule has 1 atom stereocenters. The minimum Gasteiger partial charge on any atom is -0.508 e. The molecule has 3 heteroatoms. The normalized spacial score (nSPS) is 18.3. The van der Waals surface area contributed by atoms with Gasteiger partial charge >= 0.3 is 0 Å². The van der Waals surface area contributed by atoms with E-state index in [4.69, 9.17) is 0 Å². The zero-order chi connectivity index (χ0) is 15.4. The summed E-state index contributed by atoms with van der Waals surface area (Å²) in [6.07, 6.45) is 5.85. The first-order valence-electron chi connectivity index (χ1n) is 8.07. The Morgan fingerprint density at radius 1 is 1.05 bits per heavy atom. The molecular formula is C19H23NO2. The first-order chi connectivity index (χ1) is 10.7. The minimum absolute atomic E-state index is 0.244. The molecule has 0 amide bonds. The minimum atomic E-state index is 0.244. The average Bonchev–Trinajstić information content (AvgIpc) is 2.54. The number of benzene rings is 2. The molecule has 1 saturated heterocycles. The number of phenolic OH excluding ortho intramolecular Hbond substituents is 2. The van der Waals surface area contributed by atoms with Gasteiger partial charge in [0, 0.05) is 11.6 Å². The quantitative estimate of drug-likeness (QED) is 0.803. The zero-order valence-electron chi connectivity index (χ0n) is 12.8. The van der Waals surface area contributed by atoms with Gasteiger partial charge in [0.2, 0.25) is 0 Å². The lowest BCUT2D eigenvalue weighted by molar-refractivity contribution is 0.382. The number of para-hydroxylation sites is 1. The van der Waals surface area contributed by atoms with Gasteiger partial charge in [-0.3, -0.25) is 0 Å². The highest BCUT2D eigenvalue weighted by molar-refractivity contribution is 5.71. The fraction of sp³-hybridized carbons (Fsp3) is 0.368. The summed E-state index contributed by atoms with van der Waals surface area (Å²) < 4.78 is 0. The summed E-state index contributed by atoms with van der Waals surface area (Å²) in [7, 11) is 0. The molecule has 1 fully saturated rings. The van der Waals surface area contributed by atoms with Crippen LogP contribution in [-0.2, 0) is 6.42 Å². The smallest absolute Gasteiger partial charge is 0.123 e. The number of nitrogens with one attached hydrogen (secondary N) is 1. The number of rotatable bonds is 4. The van der Waals surface area contributed by atoms with Crippen molar-refractivity contribution in [3.8, 4) is 22.6 Å². The van der Waals surface area contributed by atoms with Crippen LogP contribution in [-0.4, -0.2) is 22.8 Å². The number of aryl methyl sites for hydroxylation is 1. The van der Waals surface area contributed by atoms with Crippen molar-refractivity contribution in [1.82, 2.24) is 5.32 Å². The predicted molar refractivity (Wildman–Crippen MR) is 89.2 cm³/mol. The van der Waals surface area contributed by atoms with Crippen LogP contribution in [0.5, 0.6) is 11.5 Å². The van der Waals surface area contributed by atoms with Gasteiger partial charge in [0.25, 0.3) is 0 Å². The Hall–Kier alpha value is -2.00. The largest absolute Gasteiger partial charge is 0.508 e. The second-order valence-electron chi connectivity index (χ2n) is 6.09. The molecule has 0 aliphatic carbocycles. The number of phenols is 2. The van der Waals surface area contributed by atoms with Crippen molar-refractivity contribution in [2.24, 2.45) is 0 Å². The molecule has 1 aliphatic rings. The third-order valence-electron chi connectivity index (χ3n) is 4.39. The van der Waals surface area contributed by atoms with Crippen molar-refractivity contribution in [3.05, 3.63) is 48.0 Å². The maximum atomic E-state index is 9.99. The molecular weight excluding hydrogens is 274 g/mol. The monoisotopic (exact) mass is 297 g/mol. The highest BCUT2D eigenvalue weighted by Gasteiger charge is 2.13. The van der Waals surface area contributed by atoms with E-state index in [1.807, 2.05) is 18.2 Å². The lowest BCUT2D eigenvalue weighted by Gasteiger charge is -2.23. The zero-order valence-corrected chi connectivity index (χ0v) is 12.8. The van der Waals surface area contributed by atoms with Crippen LogP contribution < -0.4 is 5.32 Å². The van der Waals surface area contributed by atoms with Gasteiger partial charge in [-0.15, -0.1) is 0 Å². The van der Waals surface area contributed by atoms with E-state index in [-0.39, 0.29) is 11.5 Å². The van der Waals surface area contributed by atoms with Crippen molar-refractivity contribution in [2.75, 3.05) is 6.54 Å². The van der Waals surface area contributed by atoms with Gasteiger partial charge in [0.05, 0.1) is 0 Å². The van der Waals surface area contributed by atoms with E-state index in [0.717, 1.165) is 36.1 Å². The predicted octanol–water partition coefficient (Wildman–Crippen LogP) is 3.84. The Morgan fingerprint density at radius 2 is 1.91 bits per heavy atom. The van der Waals surface area contributed by atoms with Crippen molar-refractivity contribution < 1.29 is 10.2 Å². The van der Waals surface area contributed by atoms with Crippen LogP contribution in [0.3, 0.4) is 0 Å². The van der Waals surface area contributed by atoms with E-state index in [2.05, 4.69) is 11.4 Å². The number of aromatic hydroxyl groups is 2. The maximum absolute atomic E-state index is 9.99. The van der Waals surface area contributed by atoms with Crippen molar-refractivity contribution in [3.63, 3.8) is 0 Å². The van der Waals surface area contributed by atoms with Gasteiger partial charge in [-0.2, -0.15) is 0 Å². The molecule has 3 rings (SSSR count). The molecule has 116 valence electrons. The van der Waals surface area contributed by atoms with Crippen LogP contribution in [0.1, 0.15) is 31.2 Å². The molecule has 0 aromatic heterocycles. The van der Waals surface area contributed by atoms with Gasteiger partial charge in [0.15, 0.2) is 0 Å². The van der Waals surface area contributed by atoms with E-state index in [0.29, 0.717) is 6.04 Å². The molecule has 2 aromatic carbocycles. The van der Waals surface area contributed by atoms with Crippen LogP contribution >= 0.6 is 0 Å². The van der Waals surface area contributed by atoms with Gasteiger partial charge in [-0.05, 0) is 61.6 Å². The Labute approximate surface area is 131 Å². The number of piperidine rings is 1. The molecule has 1 aliphatic heterocycles. The summed E-state index contributed by atoms with van der Waals surface area (Å²) in [5.74, 6) is 0.500. The fourth-order valence-electron chi connectivity index (χ4n) is 3.20. The summed E-state index contributed by atoms with van der Waals surface area (Å²) in [6.45, 7) is 1.12. The second-order valence-corrected chi connectivity index (χ2v) is 6.09. The van der Waals surface area contributed by atoms with Crippen LogP contribution in [0, 0.1) is 0 Å². The number of hydrogen-bond donors (Lipinski definition) is 3. The van der Waals surface area contributed by atoms with E-state index in [9.17, 15) is 10.2 Å². The molecule has 22 heavy (non-hydrogen) atoms. The standard InChI is InChI=1S/C19H23NO2/c21-17-12-14(8-9-16-5-3-4-10-20-16)11-15(13-17)18-6-1-2-7-19(18)22/h1-2,6-7,11-13,16,20-22H,3-5,8-10H2. The van der Waals surface area contributed by atoms with Gasteiger partial charge in [0.1, 0.15) is 11.5 Å².